The molecule has 1 aliphatic carbocycles. The van der Waals surface area contributed by atoms with E-state index in [9.17, 15) is 4.79 Å². The van der Waals surface area contributed by atoms with Crippen molar-refractivity contribution in [3.63, 3.8) is 0 Å². The quantitative estimate of drug-likeness (QED) is 0.432. The maximum atomic E-state index is 12.5. The molecule has 0 saturated heterocycles. The first kappa shape index (κ1) is 20.3. The number of hydrogen-bond donors (Lipinski definition) is 2. The lowest BCUT2D eigenvalue weighted by Gasteiger charge is -2.17. The second-order valence-electron chi connectivity index (χ2n) is 7.84. The summed E-state index contributed by atoms with van der Waals surface area (Å²) in [6.45, 7) is 0.429. The van der Waals surface area contributed by atoms with E-state index in [1.165, 1.54) is 16.7 Å². The summed E-state index contributed by atoms with van der Waals surface area (Å²) in [4.78, 5) is 12.5. The number of benzene rings is 3. The summed E-state index contributed by atoms with van der Waals surface area (Å²) in [6.07, 6.45) is 1.85. The number of aryl methyl sites for hydroxylation is 1. The molecule has 5 rings (SSSR count). The highest BCUT2D eigenvalue weighted by atomic mass is 35.5. The fourth-order valence-electron chi connectivity index (χ4n) is 4.19. The van der Waals surface area contributed by atoms with E-state index in [0.29, 0.717) is 17.1 Å². The SMILES string of the molecule is COc1ccc2c(c1)CCc1c(-c3ccc(C(=O)NCc4cccc(Cl)c4)cc3)n[nH]c1-2. The Morgan fingerprint density at radius 1 is 1.09 bits per heavy atom. The average Bonchev–Trinajstić information content (AvgIpc) is 3.27. The van der Waals surface area contributed by atoms with Crippen LogP contribution in [0.1, 0.15) is 27.0 Å². The Morgan fingerprint density at radius 3 is 2.72 bits per heavy atom. The Bertz CT molecular complexity index is 1290. The first-order valence-corrected chi connectivity index (χ1v) is 10.9. The standard InChI is InChI=1S/C26H22ClN3O2/c1-32-21-10-12-22-19(14-21)9-11-23-24(29-30-25(22)23)17-5-7-18(8-6-17)26(31)28-15-16-3-2-4-20(27)13-16/h2-8,10,12-14H,9,11,15H2,1H3,(H,28,31)(H,29,30). The van der Waals surface area contributed by atoms with Gasteiger partial charge in [0.05, 0.1) is 18.5 Å². The summed E-state index contributed by atoms with van der Waals surface area (Å²) in [5.74, 6) is 0.750. The maximum absolute atomic E-state index is 12.5. The van der Waals surface area contributed by atoms with Crippen molar-refractivity contribution in [1.29, 1.82) is 0 Å². The summed E-state index contributed by atoms with van der Waals surface area (Å²) in [7, 11) is 1.69. The number of aromatic amines is 1. The molecule has 160 valence electrons. The number of carbonyl (C=O) groups is 1. The molecule has 0 unspecified atom stereocenters. The smallest absolute Gasteiger partial charge is 0.251 e. The molecule has 2 N–H and O–H groups in total. The third-order valence-electron chi connectivity index (χ3n) is 5.86. The minimum absolute atomic E-state index is 0.122. The van der Waals surface area contributed by atoms with E-state index < -0.39 is 0 Å². The first-order valence-electron chi connectivity index (χ1n) is 10.5. The molecule has 0 spiro atoms. The number of carbonyl (C=O) groups excluding carboxylic acids is 1. The van der Waals surface area contributed by atoms with Gasteiger partial charge in [0, 0.05) is 33.8 Å². The molecule has 6 heteroatoms. The van der Waals surface area contributed by atoms with Crippen LogP contribution in [0.25, 0.3) is 22.5 Å². The van der Waals surface area contributed by atoms with Gasteiger partial charge in [-0.3, -0.25) is 9.89 Å². The van der Waals surface area contributed by atoms with Crippen LogP contribution < -0.4 is 10.1 Å². The third-order valence-corrected chi connectivity index (χ3v) is 6.09. The van der Waals surface area contributed by atoms with Gasteiger partial charge in [-0.2, -0.15) is 5.10 Å². The summed E-state index contributed by atoms with van der Waals surface area (Å²) in [5, 5.41) is 11.4. The average molecular weight is 444 g/mol. The number of fused-ring (bicyclic) bond motifs is 3. The van der Waals surface area contributed by atoms with E-state index in [-0.39, 0.29) is 5.91 Å². The van der Waals surface area contributed by atoms with Crippen LogP contribution in [0.5, 0.6) is 5.75 Å². The van der Waals surface area contributed by atoms with Crippen LogP contribution in [0.3, 0.4) is 0 Å². The van der Waals surface area contributed by atoms with E-state index in [2.05, 4.69) is 27.6 Å². The van der Waals surface area contributed by atoms with Crippen molar-refractivity contribution in [1.82, 2.24) is 15.5 Å². The van der Waals surface area contributed by atoms with E-state index >= 15 is 0 Å². The van der Waals surface area contributed by atoms with E-state index in [1.54, 1.807) is 7.11 Å². The zero-order chi connectivity index (χ0) is 22.1. The van der Waals surface area contributed by atoms with Crippen LogP contribution in [0, 0.1) is 0 Å². The fraction of sp³-hybridized carbons (Fsp3) is 0.154. The van der Waals surface area contributed by atoms with Crippen LogP contribution in [0.4, 0.5) is 0 Å². The molecule has 32 heavy (non-hydrogen) atoms. The summed E-state index contributed by atoms with van der Waals surface area (Å²) in [5.41, 5.74) is 8.20. The molecular weight excluding hydrogens is 422 g/mol. The Kier molecular flexibility index (Phi) is 5.41. The molecule has 0 fully saturated rings. The fourth-order valence-corrected chi connectivity index (χ4v) is 4.40. The lowest BCUT2D eigenvalue weighted by Crippen LogP contribution is -2.22. The van der Waals surface area contributed by atoms with Gasteiger partial charge in [-0.05, 0) is 66.4 Å². The highest BCUT2D eigenvalue weighted by Gasteiger charge is 2.23. The molecule has 0 saturated carbocycles. The van der Waals surface area contributed by atoms with Crippen LogP contribution in [-0.4, -0.2) is 23.2 Å². The predicted molar refractivity (Wildman–Crippen MR) is 126 cm³/mol. The lowest BCUT2D eigenvalue weighted by molar-refractivity contribution is 0.0951. The molecule has 1 amide bonds. The number of halogens is 1. The number of rotatable bonds is 5. The Morgan fingerprint density at radius 2 is 1.94 bits per heavy atom. The number of nitrogens with one attached hydrogen (secondary N) is 2. The zero-order valence-corrected chi connectivity index (χ0v) is 18.4. The largest absolute Gasteiger partial charge is 0.497 e. The number of hydrogen-bond acceptors (Lipinski definition) is 3. The van der Waals surface area contributed by atoms with Crippen LogP contribution >= 0.6 is 11.6 Å². The van der Waals surface area contributed by atoms with E-state index in [1.807, 2.05) is 54.6 Å². The molecule has 3 aromatic carbocycles. The maximum Gasteiger partial charge on any atom is 0.251 e. The molecular formula is C26H22ClN3O2. The van der Waals surface area contributed by atoms with Gasteiger partial charge in [-0.15, -0.1) is 0 Å². The third kappa shape index (κ3) is 3.87. The van der Waals surface area contributed by atoms with Gasteiger partial charge in [0.2, 0.25) is 0 Å². The van der Waals surface area contributed by atoms with Crippen LogP contribution in [-0.2, 0) is 19.4 Å². The highest BCUT2D eigenvalue weighted by molar-refractivity contribution is 6.30. The molecule has 0 bridgehead atoms. The molecule has 5 nitrogen and oxygen atoms in total. The molecule has 1 heterocycles. The number of aromatic nitrogens is 2. The summed E-state index contributed by atoms with van der Waals surface area (Å²) < 4.78 is 5.36. The molecule has 0 radical (unpaired) electrons. The molecule has 0 atom stereocenters. The number of methoxy groups -OCH3 is 1. The second kappa shape index (κ2) is 8.52. The van der Waals surface area contributed by atoms with Crippen molar-refractivity contribution in [3.05, 3.63) is 94.0 Å². The number of nitrogens with zero attached hydrogens (tertiary/aromatic N) is 1. The minimum Gasteiger partial charge on any atom is -0.497 e. The first-order chi connectivity index (χ1) is 15.6. The van der Waals surface area contributed by atoms with Gasteiger partial charge >= 0.3 is 0 Å². The van der Waals surface area contributed by atoms with Crippen molar-refractivity contribution in [2.45, 2.75) is 19.4 Å². The number of amides is 1. The second-order valence-corrected chi connectivity index (χ2v) is 8.28. The minimum atomic E-state index is -0.122. The van der Waals surface area contributed by atoms with E-state index in [0.717, 1.165) is 41.1 Å². The van der Waals surface area contributed by atoms with Crippen molar-refractivity contribution in [2.24, 2.45) is 0 Å². The van der Waals surface area contributed by atoms with Gasteiger partial charge in [0.25, 0.3) is 5.91 Å². The molecule has 0 aliphatic heterocycles. The summed E-state index contributed by atoms with van der Waals surface area (Å²) in [6, 6.07) is 21.2. The molecule has 1 aliphatic rings. The van der Waals surface area contributed by atoms with Crippen LogP contribution in [0.2, 0.25) is 5.02 Å². The van der Waals surface area contributed by atoms with Crippen molar-refractivity contribution in [2.75, 3.05) is 7.11 Å². The van der Waals surface area contributed by atoms with Crippen LogP contribution in [0.15, 0.2) is 66.7 Å². The van der Waals surface area contributed by atoms with E-state index in [4.69, 9.17) is 16.3 Å². The Hall–Kier alpha value is -3.57. The highest BCUT2D eigenvalue weighted by Crippen LogP contribution is 2.38. The zero-order valence-electron chi connectivity index (χ0n) is 17.6. The monoisotopic (exact) mass is 443 g/mol. The Labute approximate surface area is 191 Å². The molecule has 4 aromatic rings. The van der Waals surface area contributed by atoms with Gasteiger partial charge in [-0.1, -0.05) is 35.9 Å². The normalized spacial score (nSPS) is 12.1. The molecule has 1 aromatic heterocycles. The number of ether oxygens (including phenoxy) is 1. The van der Waals surface area contributed by atoms with Gasteiger partial charge in [-0.25, -0.2) is 0 Å². The van der Waals surface area contributed by atoms with Crippen molar-refractivity contribution in [3.8, 4) is 28.3 Å². The predicted octanol–water partition coefficient (Wildman–Crippen LogP) is 5.43. The van der Waals surface area contributed by atoms with Crippen molar-refractivity contribution < 1.29 is 9.53 Å². The van der Waals surface area contributed by atoms with Crippen molar-refractivity contribution >= 4 is 17.5 Å². The van der Waals surface area contributed by atoms with Gasteiger partial charge in [0.1, 0.15) is 5.75 Å². The van der Waals surface area contributed by atoms with Gasteiger partial charge < -0.3 is 10.1 Å². The van der Waals surface area contributed by atoms with Gasteiger partial charge in [0.15, 0.2) is 0 Å². The lowest BCUT2D eigenvalue weighted by atomic mass is 9.87. The Balaban J connectivity index is 1.34. The summed E-state index contributed by atoms with van der Waals surface area (Å²) >= 11 is 6.01. The topological polar surface area (TPSA) is 67.0 Å². The number of H-pyrrole nitrogens is 1.